The molecule has 0 aliphatic heterocycles. The third-order valence-corrected chi connectivity index (χ3v) is 4.18. The fourth-order valence-corrected chi connectivity index (χ4v) is 3.08. The van der Waals surface area contributed by atoms with E-state index in [-0.39, 0.29) is 16.1 Å². The Balaban J connectivity index is 2.16. The molecule has 2 N–H and O–H groups in total. The van der Waals surface area contributed by atoms with Gasteiger partial charge in [-0.2, -0.15) is 0 Å². The van der Waals surface area contributed by atoms with Crippen molar-refractivity contribution in [1.29, 1.82) is 0 Å². The van der Waals surface area contributed by atoms with Crippen LogP contribution in [0.25, 0.3) is 0 Å². The number of hydrogen-bond acceptors (Lipinski definition) is 3. The molecule has 0 heterocycles. The van der Waals surface area contributed by atoms with Crippen molar-refractivity contribution in [2.24, 2.45) is 5.73 Å². The zero-order chi connectivity index (χ0) is 13.9. The maximum absolute atomic E-state index is 11.0. The van der Waals surface area contributed by atoms with Crippen LogP contribution >= 0.6 is 0 Å². The van der Waals surface area contributed by atoms with Crippen molar-refractivity contribution in [3.63, 3.8) is 0 Å². The largest absolute Gasteiger partial charge is 0.321 e. The summed E-state index contributed by atoms with van der Waals surface area (Å²) in [6, 6.07) is 5.31. The number of nitrogens with zero attached hydrogens (tertiary/aromatic N) is 1. The fraction of sp³-hybridized carbons (Fsp3) is 0.600. The molecular formula is C15H22N2O2. The number of fused-ring (bicyclic) bond motifs is 1. The van der Waals surface area contributed by atoms with Gasteiger partial charge in [-0.15, -0.1) is 0 Å². The average molecular weight is 262 g/mol. The van der Waals surface area contributed by atoms with Gasteiger partial charge in [-0.25, -0.2) is 0 Å². The normalized spacial score (nSPS) is 21.4. The number of hydrogen-bond donors (Lipinski definition) is 1. The van der Waals surface area contributed by atoms with Crippen LogP contribution in [0.2, 0.25) is 0 Å². The lowest BCUT2D eigenvalue weighted by Crippen LogP contribution is -2.34. The second kappa shape index (κ2) is 5.70. The lowest BCUT2D eigenvalue weighted by Gasteiger charge is -2.25. The molecule has 104 valence electrons. The van der Waals surface area contributed by atoms with Crippen LogP contribution in [0, 0.1) is 10.1 Å². The monoisotopic (exact) mass is 262 g/mol. The molecule has 2 rings (SSSR count). The maximum Gasteiger partial charge on any atom is 0.272 e. The first-order chi connectivity index (χ1) is 9.08. The Bertz CT molecular complexity index is 473. The second-order valence-corrected chi connectivity index (χ2v) is 5.53. The maximum atomic E-state index is 11.0. The molecule has 19 heavy (non-hydrogen) atoms. The molecule has 1 aromatic carbocycles. The van der Waals surface area contributed by atoms with Gasteiger partial charge in [-0.3, -0.25) is 10.1 Å². The molecule has 4 nitrogen and oxygen atoms in total. The van der Waals surface area contributed by atoms with Gasteiger partial charge in [0.15, 0.2) is 0 Å². The number of unbranched alkanes of at least 4 members (excludes halogenated alkanes) is 3. The van der Waals surface area contributed by atoms with Crippen LogP contribution in [0.5, 0.6) is 0 Å². The first-order valence-corrected chi connectivity index (χ1v) is 7.14. The highest BCUT2D eigenvalue weighted by Gasteiger charge is 2.37. The van der Waals surface area contributed by atoms with Gasteiger partial charge in [0.25, 0.3) is 5.69 Å². The van der Waals surface area contributed by atoms with E-state index in [0.717, 1.165) is 36.8 Å². The Kier molecular flexibility index (Phi) is 4.20. The van der Waals surface area contributed by atoms with E-state index >= 15 is 0 Å². The van der Waals surface area contributed by atoms with Crippen molar-refractivity contribution in [3.8, 4) is 0 Å². The van der Waals surface area contributed by atoms with Gasteiger partial charge < -0.3 is 5.73 Å². The van der Waals surface area contributed by atoms with Crippen LogP contribution in [0.3, 0.4) is 0 Å². The Morgan fingerprint density at radius 2 is 2.16 bits per heavy atom. The molecule has 1 unspecified atom stereocenters. The van der Waals surface area contributed by atoms with Crippen molar-refractivity contribution >= 4 is 5.69 Å². The predicted octanol–water partition coefficient (Wildman–Crippen LogP) is 3.67. The number of nitro groups is 1. The minimum Gasteiger partial charge on any atom is -0.321 e. The molecule has 0 bridgehead atoms. The highest BCUT2D eigenvalue weighted by molar-refractivity contribution is 5.51. The minimum absolute atomic E-state index is 0.235. The van der Waals surface area contributed by atoms with E-state index in [4.69, 9.17) is 5.73 Å². The highest BCUT2D eigenvalue weighted by atomic mass is 16.6. The van der Waals surface area contributed by atoms with E-state index in [9.17, 15) is 10.1 Å². The summed E-state index contributed by atoms with van der Waals surface area (Å²) in [5, 5.41) is 11.0. The fourth-order valence-electron chi connectivity index (χ4n) is 3.08. The molecule has 0 spiro atoms. The van der Waals surface area contributed by atoms with Gasteiger partial charge in [0.1, 0.15) is 0 Å². The lowest BCUT2D eigenvalue weighted by molar-refractivity contribution is -0.385. The van der Waals surface area contributed by atoms with Crippen molar-refractivity contribution < 1.29 is 4.92 Å². The van der Waals surface area contributed by atoms with Gasteiger partial charge in [0, 0.05) is 17.2 Å². The van der Waals surface area contributed by atoms with Crippen LogP contribution < -0.4 is 5.73 Å². The number of nitrogens with two attached hydrogens (primary N) is 1. The Labute approximate surface area is 114 Å². The van der Waals surface area contributed by atoms with E-state index in [1.807, 2.05) is 6.07 Å². The first kappa shape index (κ1) is 14.0. The summed E-state index contributed by atoms with van der Waals surface area (Å²) >= 11 is 0. The van der Waals surface area contributed by atoms with Crippen LogP contribution in [0.15, 0.2) is 18.2 Å². The summed E-state index contributed by atoms with van der Waals surface area (Å²) < 4.78 is 0. The molecular weight excluding hydrogens is 240 g/mol. The van der Waals surface area contributed by atoms with Crippen LogP contribution in [-0.4, -0.2) is 4.92 Å². The van der Waals surface area contributed by atoms with E-state index < -0.39 is 0 Å². The Hall–Kier alpha value is -1.42. The Morgan fingerprint density at radius 1 is 1.37 bits per heavy atom. The van der Waals surface area contributed by atoms with Crippen molar-refractivity contribution in [2.75, 3.05) is 0 Å². The molecule has 1 aromatic rings. The number of benzene rings is 1. The summed E-state index contributed by atoms with van der Waals surface area (Å²) in [7, 11) is 0. The van der Waals surface area contributed by atoms with E-state index in [1.165, 1.54) is 19.3 Å². The van der Waals surface area contributed by atoms with Crippen LogP contribution in [0.1, 0.15) is 56.6 Å². The highest BCUT2D eigenvalue weighted by Crippen LogP contribution is 2.42. The zero-order valence-corrected chi connectivity index (χ0v) is 11.5. The molecule has 1 atom stereocenters. The van der Waals surface area contributed by atoms with Crippen molar-refractivity contribution in [1.82, 2.24) is 0 Å². The topological polar surface area (TPSA) is 69.2 Å². The van der Waals surface area contributed by atoms with Gasteiger partial charge in [0.05, 0.1) is 4.92 Å². The van der Waals surface area contributed by atoms with Crippen molar-refractivity contribution in [3.05, 3.63) is 39.4 Å². The van der Waals surface area contributed by atoms with Crippen LogP contribution in [0.4, 0.5) is 5.69 Å². The first-order valence-electron chi connectivity index (χ1n) is 7.14. The van der Waals surface area contributed by atoms with Gasteiger partial charge in [0.2, 0.25) is 0 Å². The number of nitro benzene ring substituents is 1. The lowest BCUT2D eigenvalue weighted by atomic mass is 9.87. The molecule has 0 amide bonds. The molecule has 0 aromatic heterocycles. The SMILES string of the molecule is CCCCCCC1(N)CCc2c([N+](=O)[O-])cccc21. The molecule has 0 saturated carbocycles. The number of rotatable bonds is 6. The van der Waals surface area contributed by atoms with Gasteiger partial charge in [-0.05, 0) is 24.8 Å². The third-order valence-electron chi connectivity index (χ3n) is 4.18. The van der Waals surface area contributed by atoms with E-state index in [0.29, 0.717) is 0 Å². The summed E-state index contributed by atoms with van der Waals surface area (Å²) in [5.74, 6) is 0. The summed E-state index contributed by atoms with van der Waals surface area (Å²) in [6.45, 7) is 2.19. The molecule has 0 fully saturated rings. The van der Waals surface area contributed by atoms with E-state index in [2.05, 4.69) is 6.92 Å². The summed E-state index contributed by atoms with van der Waals surface area (Å²) in [4.78, 5) is 10.7. The molecule has 0 radical (unpaired) electrons. The van der Waals surface area contributed by atoms with Gasteiger partial charge >= 0.3 is 0 Å². The third kappa shape index (κ3) is 2.78. The van der Waals surface area contributed by atoms with Crippen molar-refractivity contribution in [2.45, 2.75) is 57.4 Å². The summed E-state index contributed by atoms with van der Waals surface area (Å²) in [6.07, 6.45) is 7.24. The smallest absolute Gasteiger partial charge is 0.272 e. The second-order valence-electron chi connectivity index (χ2n) is 5.53. The quantitative estimate of drug-likeness (QED) is 0.483. The standard InChI is InChI=1S/C15H22N2O2/c1-2-3-4-5-10-15(16)11-9-12-13(15)7-6-8-14(12)17(18)19/h6-8H,2-5,9-11,16H2,1H3. The average Bonchev–Trinajstić information content (AvgIpc) is 2.73. The molecule has 4 heteroatoms. The molecule has 0 saturated heterocycles. The minimum atomic E-state index is -0.352. The predicted molar refractivity (Wildman–Crippen MR) is 76.0 cm³/mol. The summed E-state index contributed by atoms with van der Waals surface area (Å²) in [5.41, 5.74) is 8.23. The van der Waals surface area contributed by atoms with Crippen LogP contribution in [-0.2, 0) is 12.0 Å². The van der Waals surface area contributed by atoms with Gasteiger partial charge in [-0.1, -0.05) is 44.7 Å². The molecule has 1 aliphatic rings. The Morgan fingerprint density at radius 3 is 2.84 bits per heavy atom. The zero-order valence-electron chi connectivity index (χ0n) is 11.5. The molecule has 1 aliphatic carbocycles. The van der Waals surface area contributed by atoms with E-state index in [1.54, 1.807) is 12.1 Å².